The number of carbonyl (C=O) groups is 4. The number of nitrogens with one attached hydrogen (secondary N) is 3. The van der Waals surface area contributed by atoms with E-state index < -0.39 is 35.9 Å². The van der Waals surface area contributed by atoms with Crippen LogP contribution in [0.3, 0.4) is 0 Å². The van der Waals surface area contributed by atoms with E-state index in [4.69, 9.17) is 4.74 Å². The summed E-state index contributed by atoms with van der Waals surface area (Å²) in [6.45, 7) is 1.98. The highest BCUT2D eigenvalue weighted by atomic mass is 16.5. The molecule has 0 spiro atoms. The Morgan fingerprint density at radius 2 is 1.75 bits per heavy atom. The molecule has 0 aromatic heterocycles. The first kappa shape index (κ1) is 21.4. The third-order valence-electron chi connectivity index (χ3n) is 4.61. The Hall–Kier alpha value is -2.90. The van der Waals surface area contributed by atoms with Crippen molar-refractivity contribution in [2.24, 2.45) is 0 Å². The highest BCUT2D eigenvalue weighted by Gasteiger charge is 2.35. The van der Waals surface area contributed by atoms with Crippen LogP contribution in [0.15, 0.2) is 30.3 Å². The predicted molar refractivity (Wildman–Crippen MR) is 102 cm³/mol. The second-order valence-corrected chi connectivity index (χ2v) is 6.80. The van der Waals surface area contributed by atoms with Crippen molar-refractivity contribution in [3.8, 4) is 0 Å². The number of amides is 3. The number of piperazine rings is 1. The molecule has 0 bridgehead atoms. The fraction of sp³-hybridized carbons (Fsp3) is 0.500. The van der Waals surface area contributed by atoms with Crippen molar-refractivity contribution in [2.75, 3.05) is 7.11 Å². The van der Waals surface area contributed by atoms with E-state index in [1.165, 1.54) is 7.11 Å². The third-order valence-corrected chi connectivity index (χ3v) is 4.61. The molecule has 1 aromatic carbocycles. The van der Waals surface area contributed by atoms with Gasteiger partial charge in [-0.05, 0) is 12.0 Å². The molecule has 8 heteroatoms. The van der Waals surface area contributed by atoms with Gasteiger partial charge in [-0.2, -0.15) is 0 Å². The molecule has 0 radical (unpaired) electrons. The first-order valence-electron chi connectivity index (χ1n) is 9.46. The van der Waals surface area contributed by atoms with Gasteiger partial charge in [0.05, 0.1) is 13.5 Å². The summed E-state index contributed by atoms with van der Waals surface area (Å²) >= 11 is 0. The van der Waals surface area contributed by atoms with Crippen LogP contribution in [0.25, 0.3) is 0 Å². The Balaban J connectivity index is 1.90. The fourth-order valence-corrected chi connectivity index (χ4v) is 3.05. The Bertz CT molecular complexity index is 707. The van der Waals surface area contributed by atoms with Gasteiger partial charge in [-0.3, -0.25) is 14.4 Å². The summed E-state index contributed by atoms with van der Waals surface area (Å²) in [5.41, 5.74) is 0.927. The summed E-state index contributed by atoms with van der Waals surface area (Å²) in [5, 5.41) is 7.86. The van der Waals surface area contributed by atoms with Crippen molar-refractivity contribution in [1.29, 1.82) is 0 Å². The minimum absolute atomic E-state index is 0.241. The first-order valence-corrected chi connectivity index (χ1v) is 9.46. The summed E-state index contributed by atoms with van der Waals surface area (Å²) in [6, 6.07) is 6.95. The molecule has 1 saturated heterocycles. The number of carbonyl (C=O) groups excluding carboxylic acids is 4. The van der Waals surface area contributed by atoms with E-state index in [0.717, 1.165) is 18.4 Å². The first-order chi connectivity index (χ1) is 13.4. The van der Waals surface area contributed by atoms with Crippen LogP contribution in [0.5, 0.6) is 0 Å². The molecule has 0 unspecified atom stereocenters. The second kappa shape index (κ2) is 10.4. The third kappa shape index (κ3) is 6.07. The van der Waals surface area contributed by atoms with Crippen LogP contribution >= 0.6 is 0 Å². The van der Waals surface area contributed by atoms with Crippen LogP contribution < -0.4 is 16.0 Å². The zero-order valence-electron chi connectivity index (χ0n) is 16.2. The fourth-order valence-electron chi connectivity index (χ4n) is 3.05. The maximum atomic E-state index is 12.3. The molecule has 8 nitrogen and oxygen atoms in total. The number of ether oxygens (including phenoxy) is 1. The topological polar surface area (TPSA) is 114 Å². The monoisotopic (exact) mass is 389 g/mol. The molecule has 2 rings (SSSR count). The van der Waals surface area contributed by atoms with Crippen molar-refractivity contribution >= 4 is 23.7 Å². The molecule has 3 atom stereocenters. The quantitative estimate of drug-likeness (QED) is 0.531. The Morgan fingerprint density at radius 3 is 2.39 bits per heavy atom. The Labute approximate surface area is 164 Å². The van der Waals surface area contributed by atoms with Crippen LogP contribution in [0.1, 0.15) is 38.2 Å². The highest BCUT2D eigenvalue weighted by molar-refractivity contribution is 5.99. The number of rotatable bonds is 9. The summed E-state index contributed by atoms with van der Waals surface area (Å²) in [7, 11) is 1.26. The highest BCUT2D eigenvalue weighted by Crippen LogP contribution is 2.09. The molecular formula is C20H27N3O5. The van der Waals surface area contributed by atoms with Crippen LogP contribution in [-0.4, -0.2) is 48.9 Å². The van der Waals surface area contributed by atoms with E-state index in [1.54, 1.807) is 0 Å². The number of hydrogen-bond acceptors (Lipinski definition) is 5. The van der Waals surface area contributed by atoms with E-state index in [-0.39, 0.29) is 12.3 Å². The van der Waals surface area contributed by atoms with E-state index in [1.807, 2.05) is 37.3 Å². The zero-order valence-corrected chi connectivity index (χ0v) is 16.2. The van der Waals surface area contributed by atoms with Gasteiger partial charge in [0.2, 0.25) is 17.7 Å². The Kier molecular flexibility index (Phi) is 7.98. The molecule has 1 heterocycles. The van der Waals surface area contributed by atoms with Gasteiger partial charge in [-0.25, -0.2) is 4.79 Å². The smallest absolute Gasteiger partial charge is 0.328 e. The van der Waals surface area contributed by atoms with Gasteiger partial charge >= 0.3 is 5.97 Å². The molecule has 3 amide bonds. The molecule has 0 aliphatic carbocycles. The minimum Gasteiger partial charge on any atom is -0.467 e. The van der Waals surface area contributed by atoms with Crippen molar-refractivity contribution in [3.05, 3.63) is 35.9 Å². The molecule has 28 heavy (non-hydrogen) atoms. The lowest BCUT2D eigenvalue weighted by Crippen LogP contribution is -2.63. The number of unbranched alkanes of at least 4 members (excludes halogenated alkanes) is 1. The molecule has 1 fully saturated rings. The van der Waals surface area contributed by atoms with Crippen molar-refractivity contribution in [1.82, 2.24) is 16.0 Å². The summed E-state index contributed by atoms with van der Waals surface area (Å²) in [4.78, 5) is 48.7. The van der Waals surface area contributed by atoms with E-state index in [0.29, 0.717) is 12.8 Å². The standard InChI is InChI=1S/C20H27N3O5/c1-3-4-10-14(20(27)28-2)21-17(24)12-16-19(26)22-15(18(25)23-16)11-13-8-6-5-7-9-13/h5-9,14-16H,3-4,10-12H2,1-2H3,(H,21,24)(H,22,26)(H,23,25)/t14-,15+,16+/m1/s1. The predicted octanol–water partition coefficient (Wildman–Crippen LogP) is 0.450. The average molecular weight is 389 g/mol. The lowest BCUT2D eigenvalue weighted by molar-refractivity contribution is -0.145. The normalized spacial score (nSPS) is 19.9. The van der Waals surface area contributed by atoms with Crippen LogP contribution in [0.2, 0.25) is 0 Å². The zero-order chi connectivity index (χ0) is 20.5. The molecule has 1 aromatic rings. The van der Waals surface area contributed by atoms with Gasteiger partial charge in [0.25, 0.3) is 0 Å². The van der Waals surface area contributed by atoms with Gasteiger partial charge < -0.3 is 20.7 Å². The van der Waals surface area contributed by atoms with Crippen LogP contribution in [-0.2, 0) is 30.3 Å². The summed E-state index contributed by atoms with van der Waals surface area (Å²) in [5.74, 6) is -1.77. The summed E-state index contributed by atoms with van der Waals surface area (Å²) in [6.07, 6.45) is 2.21. The molecule has 3 N–H and O–H groups in total. The summed E-state index contributed by atoms with van der Waals surface area (Å²) < 4.78 is 4.71. The number of methoxy groups -OCH3 is 1. The molecular weight excluding hydrogens is 362 g/mol. The SMILES string of the molecule is CCCC[C@@H](NC(=O)C[C@@H]1NC(=O)[C@H](Cc2ccccc2)NC1=O)C(=O)OC. The number of hydrogen-bond donors (Lipinski definition) is 3. The van der Waals surface area contributed by atoms with Gasteiger partial charge in [0.15, 0.2) is 0 Å². The largest absolute Gasteiger partial charge is 0.467 e. The van der Waals surface area contributed by atoms with Gasteiger partial charge in [0.1, 0.15) is 18.1 Å². The minimum atomic E-state index is -0.969. The molecule has 0 saturated carbocycles. The molecule has 1 aliphatic heterocycles. The lowest BCUT2D eigenvalue weighted by atomic mass is 10.0. The van der Waals surface area contributed by atoms with Gasteiger partial charge in [-0.1, -0.05) is 50.1 Å². The van der Waals surface area contributed by atoms with Gasteiger partial charge in [0, 0.05) is 6.42 Å². The van der Waals surface area contributed by atoms with Crippen LogP contribution in [0, 0.1) is 0 Å². The van der Waals surface area contributed by atoms with Crippen molar-refractivity contribution < 1.29 is 23.9 Å². The average Bonchev–Trinajstić information content (AvgIpc) is 2.69. The number of benzene rings is 1. The van der Waals surface area contributed by atoms with Crippen molar-refractivity contribution in [2.45, 2.75) is 57.2 Å². The molecule has 1 aliphatic rings. The second-order valence-electron chi connectivity index (χ2n) is 6.80. The number of esters is 1. The van der Waals surface area contributed by atoms with E-state index in [2.05, 4.69) is 16.0 Å². The Morgan fingerprint density at radius 1 is 1.11 bits per heavy atom. The van der Waals surface area contributed by atoms with Gasteiger partial charge in [-0.15, -0.1) is 0 Å². The maximum Gasteiger partial charge on any atom is 0.328 e. The van der Waals surface area contributed by atoms with Crippen LogP contribution in [0.4, 0.5) is 0 Å². The van der Waals surface area contributed by atoms with Crippen molar-refractivity contribution in [3.63, 3.8) is 0 Å². The van der Waals surface area contributed by atoms with E-state index >= 15 is 0 Å². The lowest BCUT2D eigenvalue weighted by Gasteiger charge is -2.29. The maximum absolute atomic E-state index is 12.3. The van der Waals surface area contributed by atoms with E-state index in [9.17, 15) is 19.2 Å². The molecule has 152 valence electrons.